The average molecular weight is 486 g/mol. The first-order valence-corrected chi connectivity index (χ1v) is 11.4. The number of nitro benzene ring substituents is 1. The minimum absolute atomic E-state index is 0.0585. The predicted molar refractivity (Wildman–Crippen MR) is 114 cm³/mol. The SMILES string of the molecule is Cc1ccc(NC(=O)C2CCN(c3ccc(C(F)(F)F)cc3[N+](=O)[O-])CC2)cc1S(N)(=O)=O. The van der Waals surface area contributed by atoms with Gasteiger partial charge < -0.3 is 10.2 Å². The highest BCUT2D eigenvalue weighted by Gasteiger charge is 2.35. The summed E-state index contributed by atoms with van der Waals surface area (Å²) in [6, 6.07) is 6.70. The molecule has 0 aromatic heterocycles. The number of piperidine rings is 1. The van der Waals surface area contributed by atoms with Crippen LogP contribution in [0, 0.1) is 23.0 Å². The van der Waals surface area contributed by atoms with Gasteiger partial charge in [-0.2, -0.15) is 13.2 Å². The maximum Gasteiger partial charge on any atom is 0.416 e. The fourth-order valence-electron chi connectivity index (χ4n) is 3.72. The van der Waals surface area contributed by atoms with Gasteiger partial charge in [-0.25, -0.2) is 13.6 Å². The highest BCUT2D eigenvalue weighted by atomic mass is 32.2. The molecule has 0 bridgehead atoms. The number of carbonyl (C=O) groups excluding carboxylic acids is 1. The molecule has 178 valence electrons. The predicted octanol–water partition coefficient (Wildman–Crippen LogP) is 3.42. The van der Waals surface area contributed by atoms with E-state index in [4.69, 9.17) is 5.14 Å². The summed E-state index contributed by atoms with van der Waals surface area (Å²) in [4.78, 5) is 24.6. The summed E-state index contributed by atoms with van der Waals surface area (Å²) in [5, 5.41) is 19.2. The van der Waals surface area contributed by atoms with Gasteiger partial charge >= 0.3 is 6.18 Å². The van der Waals surface area contributed by atoms with Gasteiger partial charge in [-0.15, -0.1) is 0 Å². The summed E-state index contributed by atoms with van der Waals surface area (Å²) >= 11 is 0. The molecular weight excluding hydrogens is 465 g/mol. The van der Waals surface area contributed by atoms with Crippen molar-refractivity contribution >= 4 is 33.0 Å². The Kier molecular flexibility index (Phi) is 6.65. The first-order chi connectivity index (χ1) is 15.3. The molecule has 1 fully saturated rings. The van der Waals surface area contributed by atoms with Crippen molar-refractivity contribution in [3.8, 4) is 0 Å². The third kappa shape index (κ3) is 5.60. The van der Waals surface area contributed by atoms with Crippen molar-refractivity contribution in [3.63, 3.8) is 0 Å². The number of alkyl halides is 3. The van der Waals surface area contributed by atoms with Crippen molar-refractivity contribution in [1.29, 1.82) is 0 Å². The molecule has 0 spiro atoms. The number of carbonyl (C=O) groups is 1. The molecule has 3 N–H and O–H groups in total. The van der Waals surface area contributed by atoms with Crippen LogP contribution < -0.4 is 15.4 Å². The van der Waals surface area contributed by atoms with Crippen LogP contribution in [0.25, 0.3) is 0 Å². The zero-order chi connectivity index (χ0) is 24.6. The van der Waals surface area contributed by atoms with Crippen molar-refractivity contribution in [1.82, 2.24) is 0 Å². The molecule has 1 aliphatic rings. The van der Waals surface area contributed by atoms with Crippen LogP contribution in [0.15, 0.2) is 41.3 Å². The summed E-state index contributed by atoms with van der Waals surface area (Å²) in [5.41, 5.74) is -1.01. The summed E-state index contributed by atoms with van der Waals surface area (Å²) in [5.74, 6) is -0.824. The van der Waals surface area contributed by atoms with Crippen LogP contribution in [0.5, 0.6) is 0 Å². The highest BCUT2D eigenvalue weighted by molar-refractivity contribution is 7.89. The van der Waals surface area contributed by atoms with E-state index < -0.39 is 38.3 Å². The normalized spacial score (nSPS) is 15.4. The number of sulfonamides is 1. The molecule has 0 radical (unpaired) electrons. The van der Waals surface area contributed by atoms with Gasteiger partial charge in [0.25, 0.3) is 5.69 Å². The molecule has 0 aliphatic carbocycles. The molecule has 1 amide bonds. The van der Waals surface area contributed by atoms with E-state index in [9.17, 15) is 36.5 Å². The van der Waals surface area contributed by atoms with Crippen LogP contribution in [0.3, 0.4) is 0 Å². The van der Waals surface area contributed by atoms with E-state index in [1.807, 2.05) is 0 Å². The number of benzene rings is 2. The molecular formula is C20H21F3N4O5S. The van der Waals surface area contributed by atoms with Gasteiger partial charge in [0.05, 0.1) is 15.4 Å². The van der Waals surface area contributed by atoms with Gasteiger partial charge in [0.2, 0.25) is 15.9 Å². The Labute approximate surface area is 187 Å². The summed E-state index contributed by atoms with van der Waals surface area (Å²) in [6.07, 6.45) is -4.09. The number of hydrogen-bond donors (Lipinski definition) is 2. The molecule has 0 unspecified atom stereocenters. The number of nitrogens with two attached hydrogens (primary N) is 1. The fourth-order valence-corrected chi connectivity index (χ4v) is 4.53. The van der Waals surface area contributed by atoms with Gasteiger partial charge in [0, 0.05) is 30.8 Å². The number of primary sulfonamides is 1. The van der Waals surface area contributed by atoms with Crippen LogP contribution in [-0.4, -0.2) is 32.3 Å². The number of anilines is 2. The Morgan fingerprint density at radius 3 is 2.36 bits per heavy atom. The second-order valence-corrected chi connectivity index (χ2v) is 9.26. The van der Waals surface area contributed by atoms with Crippen LogP contribution in [0.1, 0.15) is 24.0 Å². The molecule has 3 rings (SSSR count). The fraction of sp³-hybridized carbons (Fsp3) is 0.350. The Morgan fingerprint density at radius 1 is 1.18 bits per heavy atom. The van der Waals surface area contributed by atoms with E-state index in [-0.39, 0.29) is 35.3 Å². The third-order valence-corrected chi connectivity index (χ3v) is 6.52. The van der Waals surface area contributed by atoms with Crippen molar-refractivity contribution in [2.24, 2.45) is 11.1 Å². The lowest BCUT2D eigenvalue weighted by molar-refractivity contribution is -0.384. The summed E-state index contributed by atoms with van der Waals surface area (Å²) < 4.78 is 62.1. The van der Waals surface area contributed by atoms with E-state index in [0.29, 0.717) is 24.5 Å². The molecule has 2 aromatic carbocycles. The molecule has 1 aliphatic heterocycles. The number of amides is 1. The van der Waals surface area contributed by atoms with E-state index in [1.165, 1.54) is 12.1 Å². The second-order valence-electron chi connectivity index (χ2n) is 7.73. The number of nitrogens with one attached hydrogen (secondary N) is 1. The lowest BCUT2D eigenvalue weighted by atomic mass is 9.95. The number of aryl methyl sites for hydroxylation is 1. The standard InChI is InChI=1S/C20H21F3N4O5S/c1-12-2-4-15(11-18(12)33(24,31)32)25-19(28)13-6-8-26(9-7-13)16-5-3-14(20(21,22)23)10-17(16)27(29)30/h2-5,10-11,13H,6-9H2,1H3,(H,25,28)(H2,24,31,32). The second kappa shape index (κ2) is 8.98. The van der Waals surface area contributed by atoms with Gasteiger partial charge in [-0.3, -0.25) is 14.9 Å². The third-order valence-electron chi connectivity index (χ3n) is 5.47. The summed E-state index contributed by atoms with van der Waals surface area (Å²) in [7, 11) is -3.96. The quantitative estimate of drug-likeness (QED) is 0.491. The van der Waals surface area contributed by atoms with Crippen molar-refractivity contribution in [2.75, 3.05) is 23.3 Å². The Balaban J connectivity index is 1.70. The van der Waals surface area contributed by atoms with Crippen LogP contribution >= 0.6 is 0 Å². The first kappa shape index (κ1) is 24.5. The van der Waals surface area contributed by atoms with E-state index in [0.717, 1.165) is 12.1 Å². The van der Waals surface area contributed by atoms with E-state index >= 15 is 0 Å². The molecule has 33 heavy (non-hydrogen) atoms. The minimum atomic E-state index is -4.70. The van der Waals surface area contributed by atoms with Gasteiger partial charge in [0.1, 0.15) is 5.69 Å². The topological polar surface area (TPSA) is 136 Å². The molecule has 1 heterocycles. The zero-order valence-corrected chi connectivity index (χ0v) is 18.2. The lowest BCUT2D eigenvalue weighted by Gasteiger charge is -2.32. The molecule has 9 nitrogen and oxygen atoms in total. The number of halogens is 3. The van der Waals surface area contributed by atoms with Crippen molar-refractivity contribution in [2.45, 2.75) is 30.8 Å². The highest BCUT2D eigenvalue weighted by Crippen LogP contribution is 2.37. The Hall–Kier alpha value is -3.19. The largest absolute Gasteiger partial charge is 0.416 e. The molecule has 13 heteroatoms. The number of nitrogens with zero attached hydrogens (tertiary/aromatic N) is 2. The van der Waals surface area contributed by atoms with E-state index in [1.54, 1.807) is 17.9 Å². The number of hydrogen-bond acceptors (Lipinski definition) is 6. The lowest BCUT2D eigenvalue weighted by Crippen LogP contribution is -2.38. The molecule has 0 saturated carbocycles. The van der Waals surface area contributed by atoms with Crippen molar-refractivity contribution < 1.29 is 31.3 Å². The van der Waals surface area contributed by atoms with Gasteiger partial charge in [-0.1, -0.05) is 6.07 Å². The maximum atomic E-state index is 12.9. The van der Waals surface area contributed by atoms with Crippen molar-refractivity contribution in [3.05, 3.63) is 57.6 Å². The van der Waals surface area contributed by atoms with E-state index in [2.05, 4.69) is 5.32 Å². The Bertz CT molecular complexity index is 1190. The molecule has 1 saturated heterocycles. The summed E-state index contributed by atoms with van der Waals surface area (Å²) in [6.45, 7) is 2.02. The van der Waals surface area contributed by atoms with Crippen LogP contribution in [0.2, 0.25) is 0 Å². The smallest absolute Gasteiger partial charge is 0.366 e. The number of nitro groups is 1. The van der Waals surface area contributed by atoms with Crippen LogP contribution in [-0.2, 0) is 21.0 Å². The van der Waals surface area contributed by atoms with Crippen LogP contribution in [0.4, 0.5) is 30.2 Å². The van der Waals surface area contributed by atoms with Gasteiger partial charge in [0.15, 0.2) is 0 Å². The Morgan fingerprint density at radius 2 is 1.82 bits per heavy atom. The number of rotatable bonds is 5. The van der Waals surface area contributed by atoms with Gasteiger partial charge in [-0.05, 0) is 49.6 Å². The maximum absolute atomic E-state index is 12.9. The first-order valence-electron chi connectivity index (χ1n) is 9.82. The minimum Gasteiger partial charge on any atom is -0.366 e. The molecule has 0 atom stereocenters. The monoisotopic (exact) mass is 486 g/mol. The molecule has 2 aromatic rings. The zero-order valence-electron chi connectivity index (χ0n) is 17.4. The average Bonchev–Trinajstić information content (AvgIpc) is 2.73.